The van der Waals surface area contributed by atoms with Crippen molar-refractivity contribution in [1.82, 2.24) is 0 Å². The number of unbranched alkanes of at least 4 members (excludes halogenated alkanes) is 1. The molecular weight excluding hydrogens is 186 g/mol. The van der Waals surface area contributed by atoms with Gasteiger partial charge < -0.3 is 10.5 Å². The maximum absolute atomic E-state index is 5.48. The van der Waals surface area contributed by atoms with Gasteiger partial charge in [-0.1, -0.05) is 23.8 Å². The lowest BCUT2D eigenvalue weighted by Crippen LogP contribution is -1.99. The smallest absolute Gasteiger partial charge is 0.0713 e. The van der Waals surface area contributed by atoms with E-state index in [2.05, 4.69) is 25.1 Å². The fourth-order valence-electron chi connectivity index (χ4n) is 1.82. The van der Waals surface area contributed by atoms with Crippen molar-refractivity contribution < 1.29 is 4.74 Å². The highest BCUT2D eigenvalue weighted by Crippen LogP contribution is 2.13. The predicted molar refractivity (Wildman–Crippen MR) is 63.9 cm³/mol. The number of rotatable bonds is 6. The van der Waals surface area contributed by atoms with Crippen LogP contribution in [0.4, 0.5) is 0 Å². The molecular formula is C13H21NO. The van der Waals surface area contributed by atoms with Crippen LogP contribution in [0.2, 0.25) is 0 Å². The van der Waals surface area contributed by atoms with Crippen LogP contribution in [0.3, 0.4) is 0 Å². The number of aryl methyl sites for hydroxylation is 2. The van der Waals surface area contributed by atoms with Gasteiger partial charge in [0.15, 0.2) is 0 Å². The molecule has 0 heterocycles. The number of ether oxygens (including phenoxy) is 1. The summed E-state index contributed by atoms with van der Waals surface area (Å²) in [6, 6.07) is 6.65. The first-order valence-corrected chi connectivity index (χ1v) is 5.54. The molecule has 2 heteroatoms. The monoisotopic (exact) mass is 207 g/mol. The van der Waals surface area contributed by atoms with E-state index in [-0.39, 0.29) is 0 Å². The molecule has 0 atom stereocenters. The minimum Gasteiger partial charge on any atom is -0.380 e. The van der Waals surface area contributed by atoms with Crippen LogP contribution >= 0.6 is 0 Å². The molecule has 0 fully saturated rings. The Morgan fingerprint density at radius 2 is 1.87 bits per heavy atom. The van der Waals surface area contributed by atoms with E-state index in [1.165, 1.54) is 23.1 Å². The van der Waals surface area contributed by atoms with Crippen molar-refractivity contribution in [3.05, 3.63) is 34.9 Å². The molecule has 1 aromatic rings. The second kappa shape index (κ2) is 6.59. The van der Waals surface area contributed by atoms with E-state index in [1.807, 2.05) is 0 Å². The maximum Gasteiger partial charge on any atom is 0.0713 e. The molecule has 2 nitrogen and oxygen atoms in total. The first-order chi connectivity index (χ1) is 7.26. The van der Waals surface area contributed by atoms with Gasteiger partial charge in [-0.25, -0.2) is 0 Å². The van der Waals surface area contributed by atoms with Crippen molar-refractivity contribution in [3.63, 3.8) is 0 Å². The summed E-state index contributed by atoms with van der Waals surface area (Å²) in [5.41, 5.74) is 9.46. The summed E-state index contributed by atoms with van der Waals surface area (Å²) >= 11 is 0. The van der Waals surface area contributed by atoms with Gasteiger partial charge >= 0.3 is 0 Å². The van der Waals surface area contributed by atoms with Gasteiger partial charge in [-0.2, -0.15) is 0 Å². The Bertz CT molecular complexity index is 297. The summed E-state index contributed by atoms with van der Waals surface area (Å²) in [5.74, 6) is 0. The molecule has 0 amide bonds. The highest BCUT2D eigenvalue weighted by Gasteiger charge is 1.98. The van der Waals surface area contributed by atoms with Crippen LogP contribution in [0.1, 0.15) is 29.5 Å². The summed E-state index contributed by atoms with van der Waals surface area (Å²) < 4.78 is 5.14. The molecule has 0 unspecified atom stereocenters. The third kappa shape index (κ3) is 4.45. The van der Waals surface area contributed by atoms with Crippen molar-refractivity contribution in [2.45, 2.75) is 32.8 Å². The summed E-state index contributed by atoms with van der Waals surface area (Å²) in [4.78, 5) is 0. The van der Waals surface area contributed by atoms with Crippen molar-refractivity contribution >= 4 is 0 Å². The molecule has 0 saturated carbocycles. The third-order valence-electron chi connectivity index (χ3n) is 2.43. The summed E-state index contributed by atoms with van der Waals surface area (Å²) in [5, 5.41) is 0. The zero-order valence-electron chi connectivity index (χ0n) is 9.75. The molecule has 0 saturated heterocycles. The molecule has 15 heavy (non-hydrogen) atoms. The lowest BCUT2D eigenvalue weighted by Gasteiger charge is -2.06. The molecule has 2 N–H and O–H groups in total. The van der Waals surface area contributed by atoms with Gasteiger partial charge in [0.05, 0.1) is 6.61 Å². The molecule has 0 bridgehead atoms. The average Bonchev–Trinajstić information content (AvgIpc) is 2.18. The molecule has 0 aliphatic rings. The first-order valence-electron chi connectivity index (χ1n) is 5.54. The second-order valence-electron chi connectivity index (χ2n) is 4.01. The van der Waals surface area contributed by atoms with Gasteiger partial charge in [-0.3, -0.25) is 0 Å². The van der Waals surface area contributed by atoms with Gasteiger partial charge in [0, 0.05) is 7.11 Å². The van der Waals surface area contributed by atoms with Crippen molar-refractivity contribution in [3.8, 4) is 0 Å². The molecule has 0 spiro atoms. The van der Waals surface area contributed by atoms with E-state index in [4.69, 9.17) is 10.5 Å². The molecule has 0 aromatic heterocycles. The quantitative estimate of drug-likeness (QED) is 0.727. The van der Waals surface area contributed by atoms with Gasteiger partial charge in [0.2, 0.25) is 0 Å². The van der Waals surface area contributed by atoms with Crippen LogP contribution in [0.15, 0.2) is 18.2 Å². The molecule has 0 radical (unpaired) electrons. The van der Waals surface area contributed by atoms with Gasteiger partial charge in [-0.05, 0) is 43.9 Å². The fourth-order valence-corrected chi connectivity index (χ4v) is 1.82. The molecule has 1 rings (SSSR count). The highest BCUT2D eigenvalue weighted by molar-refractivity contribution is 5.29. The molecule has 1 aromatic carbocycles. The zero-order valence-corrected chi connectivity index (χ0v) is 9.75. The zero-order chi connectivity index (χ0) is 11.1. The second-order valence-corrected chi connectivity index (χ2v) is 4.01. The minimum absolute atomic E-state index is 0.700. The predicted octanol–water partition coefficient (Wildman–Crippen LogP) is 2.42. The number of hydrogen-bond acceptors (Lipinski definition) is 2. The Labute approximate surface area is 92.4 Å². The topological polar surface area (TPSA) is 35.2 Å². The number of benzene rings is 1. The van der Waals surface area contributed by atoms with E-state index in [0.717, 1.165) is 19.4 Å². The Morgan fingerprint density at radius 1 is 1.13 bits per heavy atom. The van der Waals surface area contributed by atoms with Crippen molar-refractivity contribution in [1.29, 1.82) is 0 Å². The molecule has 0 aliphatic heterocycles. The minimum atomic E-state index is 0.700. The summed E-state index contributed by atoms with van der Waals surface area (Å²) in [6.45, 7) is 3.62. The van der Waals surface area contributed by atoms with E-state index in [0.29, 0.717) is 6.61 Å². The van der Waals surface area contributed by atoms with Crippen molar-refractivity contribution in [2.24, 2.45) is 5.73 Å². The van der Waals surface area contributed by atoms with Gasteiger partial charge in [0.25, 0.3) is 0 Å². The Hall–Kier alpha value is -0.860. The fraction of sp³-hybridized carbons (Fsp3) is 0.538. The van der Waals surface area contributed by atoms with E-state index in [1.54, 1.807) is 7.11 Å². The Kier molecular flexibility index (Phi) is 5.37. The summed E-state index contributed by atoms with van der Waals surface area (Å²) in [6.07, 6.45) is 3.40. The molecule has 0 aliphatic carbocycles. The maximum atomic E-state index is 5.48. The van der Waals surface area contributed by atoms with E-state index in [9.17, 15) is 0 Å². The van der Waals surface area contributed by atoms with Crippen LogP contribution < -0.4 is 5.73 Å². The Balaban J connectivity index is 2.62. The Morgan fingerprint density at radius 3 is 2.53 bits per heavy atom. The third-order valence-corrected chi connectivity index (χ3v) is 2.43. The van der Waals surface area contributed by atoms with Crippen LogP contribution in [0.25, 0.3) is 0 Å². The van der Waals surface area contributed by atoms with Gasteiger partial charge in [0.1, 0.15) is 0 Å². The first kappa shape index (κ1) is 12.2. The highest BCUT2D eigenvalue weighted by atomic mass is 16.5. The number of hydrogen-bond donors (Lipinski definition) is 1. The number of methoxy groups -OCH3 is 1. The standard InChI is InChI=1S/C13H21NO/c1-11-7-12(5-3-4-6-14)9-13(8-11)10-15-2/h7-9H,3-6,10,14H2,1-2H3. The van der Waals surface area contributed by atoms with Crippen LogP contribution in [-0.2, 0) is 17.8 Å². The van der Waals surface area contributed by atoms with E-state index >= 15 is 0 Å². The largest absolute Gasteiger partial charge is 0.380 e. The lowest BCUT2D eigenvalue weighted by molar-refractivity contribution is 0.185. The normalized spacial score (nSPS) is 10.6. The van der Waals surface area contributed by atoms with Crippen LogP contribution in [-0.4, -0.2) is 13.7 Å². The van der Waals surface area contributed by atoms with Crippen LogP contribution in [0.5, 0.6) is 0 Å². The number of nitrogens with two attached hydrogens (primary N) is 1. The molecule has 84 valence electrons. The van der Waals surface area contributed by atoms with Gasteiger partial charge in [-0.15, -0.1) is 0 Å². The van der Waals surface area contributed by atoms with Crippen LogP contribution in [0, 0.1) is 6.92 Å². The SMILES string of the molecule is COCc1cc(C)cc(CCCCN)c1. The van der Waals surface area contributed by atoms with Crippen molar-refractivity contribution in [2.75, 3.05) is 13.7 Å². The lowest BCUT2D eigenvalue weighted by atomic mass is 10.0. The average molecular weight is 207 g/mol. The summed E-state index contributed by atoms with van der Waals surface area (Å²) in [7, 11) is 1.73. The van der Waals surface area contributed by atoms with E-state index < -0.39 is 0 Å².